The fourth-order valence-electron chi connectivity index (χ4n) is 2.05. The van der Waals surface area contributed by atoms with Crippen LogP contribution in [-0.2, 0) is 11.2 Å². The number of hydrogen-bond acceptors (Lipinski definition) is 2. The molecule has 0 spiro atoms. The molecule has 3 nitrogen and oxygen atoms in total. The summed E-state index contributed by atoms with van der Waals surface area (Å²) in [5, 5.41) is 5.96. The van der Waals surface area contributed by atoms with Crippen LogP contribution in [0.25, 0.3) is 0 Å². The molecule has 2 N–H and O–H groups in total. The second-order valence-corrected chi connectivity index (χ2v) is 4.28. The zero-order chi connectivity index (χ0) is 12.1. The molecular weight excluding hydrogens is 255 g/mol. The number of amides is 1. The molecule has 1 amide bonds. The molecule has 0 aromatic heterocycles. The summed E-state index contributed by atoms with van der Waals surface area (Å²) in [5.41, 5.74) is 0.646. The van der Waals surface area contributed by atoms with Crippen LogP contribution >= 0.6 is 12.4 Å². The lowest BCUT2D eigenvalue weighted by atomic mass is 10.1. The van der Waals surface area contributed by atoms with E-state index in [4.69, 9.17) is 0 Å². The highest BCUT2D eigenvalue weighted by Gasteiger charge is 2.21. The second-order valence-electron chi connectivity index (χ2n) is 4.28. The predicted molar refractivity (Wildman–Crippen MR) is 71.4 cm³/mol. The highest BCUT2D eigenvalue weighted by Crippen LogP contribution is 2.07. The Kier molecular flexibility index (Phi) is 6.09. The first-order valence-corrected chi connectivity index (χ1v) is 6.02. The molecule has 1 fully saturated rings. The van der Waals surface area contributed by atoms with Gasteiger partial charge >= 0.3 is 0 Å². The van der Waals surface area contributed by atoms with Crippen LogP contribution in [0.2, 0.25) is 0 Å². The monoisotopic (exact) mass is 272 g/mol. The van der Waals surface area contributed by atoms with Crippen molar-refractivity contribution in [3.05, 3.63) is 35.6 Å². The Labute approximate surface area is 113 Å². The van der Waals surface area contributed by atoms with E-state index in [0.717, 1.165) is 19.4 Å². The fraction of sp³-hybridized carbons (Fsp3) is 0.462. The summed E-state index contributed by atoms with van der Waals surface area (Å²) in [6, 6.07) is 6.60. The van der Waals surface area contributed by atoms with Gasteiger partial charge in [-0.1, -0.05) is 18.2 Å². The second kappa shape index (κ2) is 7.34. The van der Waals surface area contributed by atoms with Gasteiger partial charge in [-0.15, -0.1) is 12.4 Å². The van der Waals surface area contributed by atoms with Gasteiger partial charge in [-0.3, -0.25) is 4.79 Å². The maximum Gasteiger partial charge on any atom is 0.237 e. The van der Waals surface area contributed by atoms with Gasteiger partial charge in [-0.2, -0.15) is 0 Å². The van der Waals surface area contributed by atoms with E-state index in [0.29, 0.717) is 18.5 Å². The van der Waals surface area contributed by atoms with Gasteiger partial charge in [0.2, 0.25) is 5.91 Å². The number of rotatable bonds is 4. The summed E-state index contributed by atoms with van der Waals surface area (Å²) < 4.78 is 13.3. The van der Waals surface area contributed by atoms with E-state index in [9.17, 15) is 9.18 Å². The zero-order valence-corrected chi connectivity index (χ0v) is 10.9. The van der Waals surface area contributed by atoms with Gasteiger partial charge in [0.15, 0.2) is 0 Å². The van der Waals surface area contributed by atoms with E-state index >= 15 is 0 Å². The van der Waals surface area contributed by atoms with Gasteiger partial charge in [0.1, 0.15) is 5.82 Å². The maximum atomic E-state index is 13.3. The summed E-state index contributed by atoms with van der Waals surface area (Å²) in [6.07, 6.45) is 2.47. The Bertz CT molecular complexity index is 394. The minimum atomic E-state index is -0.208. The van der Waals surface area contributed by atoms with E-state index in [1.807, 2.05) is 0 Å². The van der Waals surface area contributed by atoms with Gasteiger partial charge in [0, 0.05) is 6.54 Å². The van der Waals surface area contributed by atoms with Crippen LogP contribution in [0.15, 0.2) is 24.3 Å². The van der Waals surface area contributed by atoms with E-state index in [-0.39, 0.29) is 30.2 Å². The lowest BCUT2D eigenvalue weighted by molar-refractivity contribution is -0.122. The van der Waals surface area contributed by atoms with Crippen LogP contribution in [-0.4, -0.2) is 25.0 Å². The minimum absolute atomic E-state index is 0. The van der Waals surface area contributed by atoms with Crippen molar-refractivity contribution in [2.45, 2.75) is 25.3 Å². The van der Waals surface area contributed by atoms with Crippen molar-refractivity contribution in [1.82, 2.24) is 10.6 Å². The van der Waals surface area contributed by atoms with Crippen molar-refractivity contribution >= 4 is 18.3 Å². The number of hydrogen-bond donors (Lipinski definition) is 2. The molecule has 1 aliphatic rings. The van der Waals surface area contributed by atoms with Crippen LogP contribution < -0.4 is 10.6 Å². The Balaban J connectivity index is 0.00000162. The van der Waals surface area contributed by atoms with E-state index in [2.05, 4.69) is 10.6 Å². The molecule has 5 heteroatoms. The van der Waals surface area contributed by atoms with Gasteiger partial charge in [-0.25, -0.2) is 4.39 Å². The highest BCUT2D eigenvalue weighted by molar-refractivity contribution is 5.85. The molecule has 1 heterocycles. The molecule has 0 saturated carbocycles. The zero-order valence-electron chi connectivity index (χ0n) is 10.1. The number of carbonyl (C=O) groups excluding carboxylic acids is 1. The third kappa shape index (κ3) is 3.96. The Morgan fingerprint density at radius 1 is 1.44 bits per heavy atom. The Morgan fingerprint density at radius 3 is 2.89 bits per heavy atom. The average Bonchev–Trinajstić information content (AvgIpc) is 2.85. The third-order valence-corrected chi connectivity index (χ3v) is 3.03. The molecule has 1 saturated heterocycles. The standard InChI is InChI=1S/C13H17FN2O.ClH/c14-11-5-2-1-4-10(11)7-9-16-13(17)12-6-3-8-15-12;/h1-2,4-5,12,15H,3,6-9H2,(H,16,17);1H/t12-;/m0./s1. The number of carbonyl (C=O) groups is 1. The maximum absolute atomic E-state index is 13.3. The van der Waals surface area contributed by atoms with Gasteiger partial charge in [-0.05, 0) is 37.4 Å². The molecule has 100 valence electrons. The smallest absolute Gasteiger partial charge is 0.237 e. The van der Waals surface area contributed by atoms with Gasteiger partial charge in [0.25, 0.3) is 0 Å². The van der Waals surface area contributed by atoms with Crippen LogP contribution in [0, 0.1) is 5.82 Å². The molecule has 0 unspecified atom stereocenters. The molecular formula is C13H18ClFN2O. The molecule has 2 rings (SSSR count). The third-order valence-electron chi connectivity index (χ3n) is 3.03. The van der Waals surface area contributed by atoms with Crippen molar-refractivity contribution in [2.75, 3.05) is 13.1 Å². The van der Waals surface area contributed by atoms with Gasteiger partial charge < -0.3 is 10.6 Å². The lowest BCUT2D eigenvalue weighted by Gasteiger charge is -2.11. The molecule has 0 radical (unpaired) electrons. The SMILES string of the molecule is Cl.O=C(NCCc1ccccc1F)[C@@H]1CCCN1. The summed E-state index contributed by atoms with van der Waals surface area (Å²) in [5.74, 6) is -0.181. The summed E-state index contributed by atoms with van der Waals surface area (Å²) >= 11 is 0. The Morgan fingerprint density at radius 2 is 2.22 bits per heavy atom. The molecule has 1 aromatic carbocycles. The topological polar surface area (TPSA) is 41.1 Å². The molecule has 1 atom stereocenters. The van der Waals surface area contributed by atoms with Crippen molar-refractivity contribution in [3.8, 4) is 0 Å². The Hall–Kier alpha value is -1.13. The largest absolute Gasteiger partial charge is 0.354 e. The molecule has 0 bridgehead atoms. The normalized spacial score (nSPS) is 18.2. The van der Waals surface area contributed by atoms with Crippen molar-refractivity contribution in [3.63, 3.8) is 0 Å². The van der Waals surface area contributed by atoms with Crippen LogP contribution in [0.5, 0.6) is 0 Å². The molecule has 0 aliphatic carbocycles. The van der Waals surface area contributed by atoms with E-state index in [1.54, 1.807) is 18.2 Å². The van der Waals surface area contributed by atoms with Crippen molar-refractivity contribution < 1.29 is 9.18 Å². The first-order valence-electron chi connectivity index (χ1n) is 6.02. The highest BCUT2D eigenvalue weighted by atomic mass is 35.5. The van der Waals surface area contributed by atoms with Crippen LogP contribution in [0.4, 0.5) is 4.39 Å². The molecule has 1 aliphatic heterocycles. The summed E-state index contributed by atoms with van der Waals surface area (Å²) in [4.78, 5) is 11.7. The fourth-order valence-corrected chi connectivity index (χ4v) is 2.05. The lowest BCUT2D eigenvalue weighted by Crippen LogP contribution is -2.41. The van der Waals surface area contributed by atoms with Gasteiger partial charge in [0.05, 0.1) is 6.04 Å². The first-order chi connectivity index (χ1) is 8.27. The first kappa shape index (κ1) is 14.9. The van der Waals surface area contributed by atoms with E-state index in [1.165, 1.54) is 6.07 Å². The number of halogens is 2. The quantitative estimate of drug-likeness (QED) is 0.875. The minimum Gasteiger partial charge on any atom is -0.354 e. The summed E-state index contributed by atoms with van der Waals surface area (Å²) in [6.45, 7) is 1.39. The van der Waals surface area contributed by atoms with E-state index < -0.39 is 0 Å². The summed E-state index contributed by atoms with van der Waals surface area (Å²) in [7, 11) is 0. The van der Waals surface area contributed by atoms with Crippen LogP contribution in [0.1, 0.15) is 18.4 Å². The molecule has 1 aromatic rings. The number of nitrogens with one attached hydrogen (secondary N) is 2. The van der Waals surface area contributed by atoms with Crippen molar-refractivity contribution in [2.24, 2.45) is 0 Å². The van der Waals surface area contributed by atoms with Crippen molar-refractivity contribution in [1.29, 1.82) is 0 Å². The molecule has 18 heavy (non-hydrogen) atoms. The average molecular weight is 273 g/mol. The number of benzene rings is 1. The van der Waals surface area contributed by atoms with Crippen LogP contribution in [0.3, 0.4) is 0 Å². The predicted octanol–water partition coefficient (Wildman–Crippen LogP) is 1.66.